The molecular weight excluding hydrogens is 997 g/mol. The van der Waals surface area contributed by atoms with Gasteiger partial charge in [0.25, 0.3) is 0 Å². The number of carbonyl (C=O) groups is 3. The number of hydrogen-bond acceptors (Lipinski definition) is 6. The Balaban J connectivity index is 4.57. The van der Waals surface area contributed by atoms with E-state index in [1.54, 1.807) is 0 Å². The van der Waals surface area contributed by atoms with Crippen LogP contribution in [0.1, 0.15) is 252 Å². The van der Waals surface area contributed by atoms with E-state index in [9.17, 15) is 14.4 Å². The molecule has 0 heterocycles. The van der Waals surface area contributed by atoms with E-state index in [0.29, 0.717) is 19.3 Å². The van der Waals surface area contributed by atoms with Gasteiger partial charge >= 0.3 is 17.9 Å². The lowest BCUT2D eigenvalue weighted by molar-refractivity contribution is -0.166. The summed E-state index contributed by atoms with van der Waals surface area (Å²) < 4.78 is 16.8. The van der Waals surface area contributed by atoms with Crippen molar-refractivity contribution in [1.82, 2.24) is 0 Å². The number of allylic oxidation sites excluding steroid dienone is 30. The van der Waals surface area contributed by atoms with Crippen LogP contribution in [0.3, 0.4) is 0 Å². The Bertz CT molecular complexity index is 1900. The number of ether oxygens (including phenoxy) is 3. The maximum atomic E-state index is 12.9. The highest BCUT2D eigenvalue weighted by Crippen LogP contribution is 2.13. The van der Waals surface area contributed by atoms with Gasteiger partial charge in [-0.3, -0.25) is 14.4 Å². The van der Waals surface area contributed by atoms with Crippen LogP contribution in [0.4, 0.5) is 0 Å². The molecule has 0 N–H and O–H groups in total. The summed E-state index contributed by atoms with van der Waals surface area (Å²) in [4.78, 5) is 38.3. The van der Waals surface area contributed by atoms with Crippen molar-refractivity contribution in [2.45, 2.75) is 258 Å². The summed E-state index contributed by atoms with van der Waals surface area (Å²) in [5, 5.41) is 0. The minimum atomic E-state index is -0.843. The fourth-order valence-electron chi connectivity index (χ4n) is 8.12. The van der Waals surface area contributed by atoms with Gasteiger partial charge in [0.2, 0.25) is 0 Å². The molecule has 6 heteroatoms. The second-order valence-corrected chi connectivity index (χ2v) is 20.5. The Labute approximate surface area is 497 Å². The molecule has 6 nitrogen and oxygen atoms in total. The van der Waals surface area contributed by atoms with E-state index >= 15 is 0 Å². The average Bonchev–Trinajstić information content (AvgIpc) is 3.47. The van der Waals surface area contributed by atoms with Gasteiger partial charge in [-0.2, -0.15) is 0 Å². The highest BCUT2D eigenvalue weighted by Gasteiger charge is 2.19. The maximum absolute atomic E-state index is 12.9. The summed E-state index contributed by atoms with van der Waals surface area (Å²) in [5.41, 5.74) is 0. The third-order valence-corrected chi connectivity index (χ3v) is 12.9. The van der Waals surface area contributed by atoms with Crippen molar-refractivity contribution in [3.8, 4) is 0 Å². The van der Waals surface area contributed by atoms with Crippen LogP contribution in [-0.2, 0) is 28.6 Å². The molecule has 0 aliphatic rings. The molecule has 0 bridgehead atoms. The molecule has 0 rings (SSSR count). The summed E-state index contributed by atoms with van der Waals surface area (Å²) in [6.07, 6.45) is 100. The second-order valence-electron chi connectivity index (χ2n) is 20.5. The van der Waals surface area contributed by atoms with Crippen LogP contribution in [0.5, 0.6) is 0 Å². The number of unbranched alkanes of at least 4 members (excludes halogenated alkanes) is 15. The standard InChI is InChI=1S/C75H116O6/c1-4-7-10-13-16-19-22-25-28-31-34-35-36-37-38-39-42-44-47-50-53-56-59-62-65-68-74(77)80-71-72(81-75(78)69-66-63-60-57-54-51-48-45-41-33-30-27-24-21-18-15-12-9-6-3)70-79-73(76)67-64-61-58-55-52-49-46-43-40-32-29-26-23-20-17-14-11-8-5-2/h7,9-10,12,16-21,25-30,34-35,37-38,40-45,51,54,60,63,72H,4-6,8,11,13-15,22-24,31-33,36,39,46-50,52-53,55-59,61-62,64-71H2,1-3H3/b10-7-,12-9-,19-16-,20-17-,21-18-,28-25-,29-26-,30-27-,35-34-,38-37-,43-40-,44-42-,45-41-,54-51-,63-60-. The zero-order chi connectivity index (χ0) is 58.5. The summed E-state index contributed by atoms with van der Waals surface area (Å²) >= 11 is 0. The minimum Gasteiger partial charge on any atom is -0.462 e. The van der Waals surface area contributed by atoms with E-state index in [-0.39, 0.29) is 31.6 Å². The van der Waals surface area contributed by atoms with Crippen molar-refractivity contribution in [3.05, 3.63) is 182 Å². The smallest absolute Gasteiger partial charge is 0.306 e. The predicted molar refractivity (Wildman–Crippen MR) is 352 cm³/mol. The molecule has 0 saturated heterocycles. The fraction of sp³-hybridized carbons (Fsp3) is 0.560. The molecule has 1 unspecified atom stereocenters. The third-order valence-electron chi connectivity index (χ3n) is 12.9. The lowest BCUT2D eigenvalue weighted by Crippen LogP contribution is -2.30. The van der Waals surface area contributed by atoms with Gasteiger partial charge in [0.05, 0.1) is 0 Å². The predicted octanol–water partition coefficient (Wildman–Crippen LogP) is 22.4. The molecule has 0 amide bonds. The van der Waals surface area contributed by atoms with Crippen molar-refractivity contribution in [1.29, 1.82) is 0 Å². The van der Waals surface area contributed by atoms with Gasteiger partial charge in [-0.25, -0.2) is 0 Å². The molecule has 0 aromatic rings. The molecule has 81 heavy (non-hydrogen) atoms. The van der Waals surface area contributed by atoms with Crippen LogP contribution >= 0.6 is 0 Å². The van der Waals surface area contributed by atoms with Crippen LogP contribution in [-0.4, -0.2) is 37.2 Å². The SMILES string of the molecule is CC/C=C\C/C=C\C/C=C\C/C=C\C/C=C\C/C=C\CCCCCCCCC(=O)OCC(COC(=O)CCCCCCCC/C=C\C/C=C\C/C=C\CCCCC)OC(=O)CC/C=C\C/C=C\C/C=C\C/C=C\C/C=C\C/C=C\CC. The van der Waals surface area contributed by atoms with Crippen molar-refractivity contribution < 1.29 is 28.6 Å². The van der Waals surface area contributed by atoms with E-state index in [4.69, 9.17) is 14.2 Å². The van der Waals surface area contributed by atoms with E-state index < -0.39 is 12.1 Å². The molecule has 0 aliphatic carbocycles. The monoisotopic (exact) mass is 1110 g/mol. The van der Waals surface area contributed by atoms with Crippen LogP contribution in [0, 0.1) is 0 Å². The van der Waals surface area contributed by atoms with Crippen LogP contribution in [0.15, 0.2) is 182 Å². The van der Waals surface area contributed by atoms with Crippen molar-refractivity contribution in [2.75, 3.05) is 13.2 Å². The Hall–Kier alpha value is -5.49. The highest BCUT2D eigenvalue weighted by atomic mass is 16.6. The second kappa shape index (κ2) is 67.0. The quantitative estimate of drug-likeness (QED) is 0.0261. The number of carbonyl (C=O) groups excluding carboxylic acids is 3. The lowest BCUT2D eigenvalue weighted by atomic mass is 10.1. The summed E-state index contributed by atoms with van der Waals surface area (Å²) in [6.45, 7) is 6.29. The molecule has 0 radical (unpaired) electrons. The van der Waals surface area contributed by atoms with Crippen LogP contribution in [0.25, 0.3) is 0 Å². The number of rotatable bonds is 56. The lowest BCUT2D eigenvalue weighted by Gasteiger charge is -2.18. The van der Waals surface area contributed by atoms with E-state index in [1.165, 1.54) is 51.4 Å². The van der Waals surface area contributed by atoms with Gasteiger partial charge in [-0.1, -0.05) is 267 Å². The zero-order valence-corrected chi connectivity index (χ0v) is 51.7. The van der Waals surface area contributed by atoms with Crippen LogP contribution < -0.4 is 0 Å². The number of esters is 3. The van der Waals surface area contributed by atoms with E-state index in [0.717, 1.165) is 154 Å². The molecular formula is C75H116O6. The first-order valence-electron chi connectivity index (χ1n) is 32.3. The Morgan fingerprint density at radius 2 is 0.506 bits per heavy atom. The van der Waals surface area contributed by atoms with Crippen molar-refractivity contribution >= 4 is 17.9 Å². The topological polar surface area (TPSA) is 78.9 Å². The van der Waals surface area contributed by atoms with Gasteiger partial charge in [-0.15, -0.1) is 0 Å². The summed E-state index contributed by atoms with van der Waals surface area (Å²) in [7, 11) is 0. The Kier molecular flexibility index (Phi) is 62.5. The maximum Gasteiger partial charge on any atom is 0.306 e. The molecule has 452 valence electrons. The van der Waals surface area contributed by atoms with Crippen molar-refractivity contribution in [2.24, 2.45) is 0 Å². The Morgan fingerprint density at radius 3 is 0.802 bits per heavy atom. The Morgan fingerprint density at radius 1 is 0.259 bits per heavy atom. The summed E-state index contributed by atoms with van der Waals surface area (Å²) in [5.74, 6) is -1.05. The third kappa shape index (κ3) is 65.2. The molecule has 0 aliphatic heterocycles. The highest BCUT2D eigenvalue weighted by molar-refractivity contribution is 5.71. The molecule has 0 aromatic heterocycles. The van der Waals surface area contributed by atoms with Gasteiger partial charge in [0, 0.05) is 19.3 Å². The first-order valence-corrected chi connectivity index (χ1v) is 32.3. The van der Waals surface area contributed by atoms with Gasteiger partial charge in [0.15, 0.2) is 6.10 Å². The molecule has 0 saturated carbocycles. The van der Waals surface area contributed by atoms with E-state index in [1.807, 2.05) is 12.2 Å². The van der Waals surface area contributed by atoms with Gasteiger partial charge < -0.3 is 14.2 Å². The average molecular weight is 1110 g/mol. The summed E-state index contributed by atoms with van der Waals surface area (Å²) in [6, 6.07) is 0. The van der Waals surface area contributed by atoms with E-state index in [2.05, 4.69) is 191 Å². The minimum absolute atomic E-state index is 0.129. The number of hydrogen-bond donors (Lipinski definition) is 0. The zero-order valence-electron chi connectivity index (χ0n) is 51.7. The largest absolute Gasteiger partial charge is 0.462 e. The fourth-order valence-corrected chi connectivity index (χ4v) is 8.12. The van der Waals surface area contributed by atoms with Crippen LogP contribution in [0.2, 0.25) is 0 Å². The molecule has 1 atom stereocenters. The normalized spacial score (nSPS) is 13.4. The first kappa shape index (κ1) is 75.5. The van der Waals surface area contributed by atoms with Gasteiger partial charge in [0.1, 0.15) is 13.2 Å². The van der Waals surface area contributed by atoms with Gasteiger partial charge in [-0.05, 0) is 148 Å². The molecule has 0 spiro atoms. The first-order chi connectivity index (χ1) is 40.0. The molecule has 0 fully saturated rings. The molecule has 0 aromatic carbocycles. The van der Waals surface area contributed by atoms with Crippen molar-refractivity contribution in [3.63, 3.8) is 0 Å².